The van der Waals surface area contributed by atoms with Crippen LogP contribution in [0.5, 0.6) is 0 Å². The van der Waals surface area contributed by atoms with Gasteiger partial charge in [-0.25, -0.2) is 0 Å². The maximum atomic E-state index is 10.0. The molecular weight excluding hydrogens is 435 g/mol. The van der Waals surface area contributed by atoms with E-state index in [1.54, 1.807) is 13.8 Å². The Morgan fingerprint density at radius 3 is 1.21 bits per heavy atom. The van der Waals surface area contributed by atoms with Gasteiger partial charge in [-0.1, -0.05) is 32.5 Å². The molecule has 144 valence electrons. The van der Waals surface area contributed by atoms with Gasteiger partial charge in [-0.2, -0.15) is 12.6 Å². The van der Waals surface area contributed by atoms with E-state index < -0.39 is 0 Å². The minimum absolute atomic E-state index is 0. The molecule has 0 aromatic heterocycles. The molecule has 0 bridgehead atoms. The normalized spacial score (nSPS) is 6.46. The van der Waals surface area contributed by atoms with Crippen LogP contribution in [0.2, 0.25) is 0 Å². The molecule has 1 N–H and O–H groups in total. The van der Waals surface area contributed by atoms with Crippen molar-refractivity contribution >= 4 is 76.6 Å². The fourth-order valence-electron chi connectivity index (χ4n) is 0.203. The Morgan fingerprint density at radius 2 is 1.21 bits per heavy atom. The van der Waals surface area contributed by atoms with Gasteiger partial charge in [-0.3, -0.25) is 9.59 Å². The predicted molar refractivity (Wildman–Crippen MR) is 115 cm³/mol. The molecule has 0 spiro atoms. The van der Waals surface area contributed by atoms with E-state index in [-0.39, 0.29) is 73.3 Å². The zero-order valence-corrected chi connectivity index (χ0v) is 23.4. The third kappa shape index (κ3) is 486. The van der Waals surface area contributed by atoms with Crippen LogP contribution in [0.3, 0.4) is 0 Å². The molecule has 0 radical (unpaired) electrons. The number of thioether (sulfide) groups is 1. The summed E-state index contributed by atoms with van der Waals surface area (Å²) >= 11 is 17.4. The van der Waals surface area contributed by atoms with E-state index in [9.17, 15) is 14.4 Å². The molecule has 0 aliphatic carbocycles. The SMILES string of the molecule is CC(=O)S.CC(=O)[S-].CCCl.CCO.CCS.CCSC(C)=O.[K+]. The van der Waals surface area contributed by atoms with Gasteiger partial charge in [0.1, 0.15) is 0 Å². The number of alkyl halides is 1. The third-order valence-corrected chi connectivity index (χ3v) is 1.04. The van der Waals surface area contributed by atoms with Crippen molar-refractivity contribution in [3.8, 4) is 0 Å². The zero-order valence-electron chi connectivity index (χ0n) is 16.1. The minimum atomic E-state index is -0.250. The Balaban J connectivity index is -0.0000000294. The van der Waals surface area contributed by atoms with E-state index in [1.165, 1.54) is 25.6 Å². The average Bonchev–Trinajstić information content (AvgIpc) is 2.29. The molecule has 0 aromatic rings. The van der Waals surface area contributed by atoms with Crippen LogP contribution in [0, 0.1) is 0 Å². The van der Waals surface area contributed by atoms with Crippen LogP contribution in [0.15, 0.2) is 0 Å². The molecule has 24 heavy (non-hydrogen) atoms. The maximum Gasteiger partial charge on any atom is 1.00 e. The molecule has 0 rings (SSSR count). The molecule has 0 saturated carbocycles. The number of carbonyl (C=O) groups is 3. The minimum Gasteiger partial charge on any atom is -0.742 e. The van der Waals surface area contributed by atoms with Crippen molar-refractivity contribution in [2.75, 3.05) is 24.0 Å². The summed E-state index contributed by atoms with van der Waals surface area (Å²) in [6.45, 7) is 12.1. The van der Waals surface area contributed by atoms with Crippen LogP contribution < -0.4 is 51.4 Å². The van der Waals surface area contributed by atoms with Gasteiger partial charge < -0.3 is 22.5 Å². The van der Waals surface area contributed by atoms with E-state index in [0.29, 0.717) is 0 Å². The van der Waals surface area contributed by atoms with Crippen molar-refractivity contribution in [2.24, 2.45) is 0 Å². The molecule has 4 nitrogen and oxygen atoms in total. The largest absolute Gasteiger partial charge is 1.00 e. The van der Waals surface area contributed by atoms with Crippen LogP contribution in [0.1, 0.15) is 48.5 Å². The van der Waals surface area contributed by atoms with Gasteiger partial charge in [-0.05, 0) is 25.4 Å². The molecule has 0 aliphatic rings. The second kappa shape index (κ2) is 56.2. The van der Waals surface area contributed by atoms with Crippen LogP contribution in [0.4, 0.5) is 0 Å². The molecule has 10 heteroatoms. The Bertz CT molecular complexity index is 212. The summed E-state index contributed by atoms with van der Waals surface area (Å²) in [4.78, 5) is 28.6. The first-order valence-electron chi connectivity index (χ1n) is 6.76. The Kier molecular flexibility index (Phi) is 106. The Hall–Kier alpha value is 2.17. The van der Waals surface area contributed by atoms with Crippen LogP contribution >= 0.6 is 48.6 Å². The van der Waals surface area contributed by atoms with Gasteiger partial charge >= 0.3 is 51.4 Å². The molecule has 0 aliphatic heterocycles. The zero-order chi connectivity index (χ0) is 20.3. The first-order valence-corrected chi connectivity index (χ1v) is 9.77. The summed E-state index contributed by atoms with van der Waals surface area (Å²) in [5.41, 5.74) is 0. The van der Waals surface area contributed by atoms with Gasteiger partial charge in [0.15, 0.2) is 10.2 Å². The molecule has 0 unspecified atom stereocenters. The number of hydrogen-bond acceptors (Lipinski definition) is 7. The molecule has 0 heterocycles. The number of carbonyl (C=O) groups excluding carboxylic acids is 3. The van der Waals surface area contributed by atoms with Crippen molar-refractivity contribution in [2.45, 2.75) is 48.5 Å². The fraction of sp³-hybridized carbons (Fsp3) is 0.786. The third-order valence-electron chi connectivity index (χ3n) is 0.348. The van der Waals surface area contributed by atoms with E-state index in [4.69, 9.17) is 16.7 Å². The molecular formula is C14H32ClKO4S4. The number of hydrogen-bond donors (Lipinski definition) is 3. The van der Waals surface area contributed by atoms with Gasteiger partial charge in [0.25, 0.3) is 0 Å². The second-order valence-electron chi connectivity index (χ2n) is 2.83. The molecule has 0 aromatic carbocycles. The number of halogens is 1. The number of thiol groups is 2. The Labute approximate surface area is 217 Å². The summed E-state index contributed by atoms with van der Waals surface area (Å²) in [6.07, 6.45) is 0. The van der Waals surface area contributed by atoms with E-state index in [1.807, 2.05) is 20.8 Å². The first kappa shape index (κ1) is 45.1. The summed E-state index contributed by atoms with van der Waals surface area (Å²) < 4.78 is 0. The van der Waals surface area contributed by atoms with Crippen LogP contribution in [0.25, 0.3) is 0 Å². The monoisotopic (exact) mass is 466 g/mol. The molecule has 0 atom stereocenters. The maximum absolute atomic E-state index is 10.0. The number of aliphatic hydroxyl groups is 1. The summed E-state index contributed by atoms with van der Waals surface area (Å²) in [7, 11) is 0. The van der Waals surface area contributed by atoms with Crippen LogP contribution in [-0.4, -0.2) is 44.4 Å². The summed E-state index contributed by atoms with van der Waals surface area (Å²) in [6, 6.07) is 0. The quantitative estimate of drug-likeness (QED) is 0.232. The van der Waals surface area contributed by atoms with Gasteiger partial charge in [0.2, 0.25) is 0 Å². The van der Waals surface area contributed by atoms with Gasteiger partial charge in [-0.15, -0.1) is 24.2 Å². The van der Waals surface area contributed by atoms with Crippen molar-refractivity contribution in [3.05, 3.63) is 0 Å². The van der Waals surface area contributed by atoms with Crippen molar-refractivity contribution < 1.29 is 70.9 Å². The standard InChI is InChI=1S/C4H8OS.C2H5Cl.2C2H4OS.C2H6O.C2H6S.K/c1-3-6-4(2)5;1-2-3;2*1-2(3)4;2*1-2-3;/h3H2,1-2H3;2H2,1H3;2*1H3,(H,3,4);2*3H,2H2,1H3;/q;;;;;;+1/p-1. The van der Waals surface area contributed by atoms with Crippen molar-refractivity contribution in [3.63, 3.8) is 0 Å². The molecule has 0 amide bonds. The van der Waals surface area contributed by atoms with E-state index in [0.717, 1.165) is 17.4 Å². The van der Waals surface area contributed by atoms with E-state index >= 15 is 0 Å². The number of rotatable bonds is 1. The second-order valence-corrected chi connectivity index (χ2v) is 6.65. The van der Waals surface area contributed by atoms with Gasteiger partial charge in [0.05, 0.1) is 0 Å². The molecule has 0 fully saturated rings. The topological polar surface area (TPSA) is 71.4 Å². The van der Waals surface area contributed by atoms with E-state index in [2.05, 4.69) is 37.9 Å². The molecule has 0 saturated heterocycles. The summed E-state index contributed by atoms with van der Waals surface area (Å²) in [5.74, 6) is 2.56. The average molecular weight is 467 g/mol. The van der Waals surface area contributed by atoms with Crippen molar-refractivity contribution in [1.82, 2.24) is 0 Å². The predicted octanol–water partition coefficient (Wildman–Crippen LogP) is 1.01. The fourth-order valence-corrected chi connectivity index (χ4v) is 0.610. The van der Waals surface area contributed by atoms with Crippen molar-refractivity contribution in [1.29, 1.82) is 0 Å². The first-order chi connectivity index (χ1) is 10.5. The summed E-state index contributed by atoms with van der Waals surface area (Å²) in [5, 5.41) is 7.39. The van der Waals surface area contributed by atoms with Gasteiger partial charge in [0, 0.05) is 31.4 Å². The Morgan fingerprint density at radius 1 is 1.08 bits per heavy atom. The smallest absolute Gasteiger partial charge is 0.742 e. The number of aliphatic hydroxyl groups excluding tert-OH is 1. The van der Waals surface area contributed by atoms with Crippen LogP contribution in [-0.2, 0) is 27.0 Å².